The van der Waals surface area contributed by atoms with Gasteiger partial charge in [-0.3, -0.25) is 10.1 Å². The molecular formula is C6H7N2NaO2S. The average molecular weight is 194 g/mol. The standard InChI is InChI=1S/C6H6N2O2S.Na.H/c7-5-3-1-2-4-6(5)11-8(9)10;;/h1-4H,7H2;;/q;+1;-1. The Kier molecular flexibility index (Phi) is 5.32. The molecule has 6 heteroatoms. The van der Waals surface area contributed by atoms with Gasteiger partial charge >= 0.3 is 29.6 Å². The van der Waals surface area contributed by atoms with Crippen molar-refractivity contribution in [3.8, 4) is 0 Å². The van der Waals surface area contributed by atoms with E-state index in [0.717, 1.165) is 0 Å². The summed E-state index contributed by atoms with van der Waals surface area (Å²) in [4.78, 5) is 10.5. The van der Waals surface area contributed by atoms with Crippen LogP contribution in [0.15, 0.2) is 29.2 Å². The van der Waals surface area contributed by atoms with Gasteiger partial charge in [-0.25, -0.2) is 0 Å². The second kappa shape index (κ2) is 5.42. The van der Waals surface area contributed by atoms with Gasteiger partial charge in [0.25, 0.3) is 11.9 Å². The number of para-hydroxylation sites is 1. The molecule has 12 heavy (non-hydrogen) atoms. The molecule has 0 aliphatic rings. The monoisotopic (exact) mass is 194 g/mol. The number of nitrogens with two attached hydrogens (primary N) is 1. The summed E-state index contributed by atoms with van der Waals surface area (Å²) < 4.78 is -0.480. The zero-order valence-corrected chi connectivity index (χ0v) is 9.38. The van der Waals surface area contributed by atoms with Crippen LogP contribution in [0.5, 0.6) is 0 Å². The molecule has 0 radical (unpaired) electrons. The van der Waals surface area contributed by atoms with Crippen LogP contribution in [0.25, 0.3) is 0 Å². The summed E-state index contributed by atoms with van der Waals surface area (Å²) in [5.74, 6) is 0. The van der Waals surface area contributed by atoms with Gasteiger partial charge in [-0.05, 0) is 12.1 Å². The molecule has 0 aromatic heterocycles. The SMILES string of the molecule is Nc1ccccc1S[N+](=O)[O-].[H-].[Na+]. The molecule has 0 saturated heterocycles. The predicted octanol–water partition coefficient (Wildman–Crippen LogP) is -1.33. The summed E-state index contributed by atoms with van der Waals surface area (Å²) in [6.07, 6.45) is 0. The van der Waals surface area contributed by atoms with Gasteiger partial charge in [-0.2, -0.15) is 0 Å². The van der Waals surface area contributed by atoms with E-state index in [1.54, 1.807) is 24.3 Å². The van der Waals surface area contributed by atoms with E-state index in [1.165, 1.54) is 0 Å². The molecule has 1 aromatic carbocycles. The molecule has 60 valence electrons. The van der Waals surface area contributed by atoms with Crippen LogP contribution in [-0.2, 0) is 0 Å². The van der Waals surface area contributed by atoms with Crippen molar-refractivity contribution in [2.75, 3.05) is 5.73 Å². The van der Waals surface area contributed by atoms with Gasteiger partial charge in [0, 0.05) is 0 Å². The first-order valence-corrected chi connectivity index (χ1v) is 3.64. The number of hydrogen-bond acceptors (Lipinski definition) is 4. The molecule has 0 unspecified atom stereocenters. The van der Waals surface area contributed by atoms with E-state index in [2.05, 4.69) is 0 Å². The molecule has 1 rings (SSSR count). The fourth-order valence-corrected chi connectivity index (χ4v) is 1.12. The molecule has 0 heterocycles. The first-order chi connectivity index (χ1) is 5.20. The van der Waals surface area contributed by atoms with Gasteiger partial charge in [0.05, 0.1) is 5.69 Å². The van der Waals surface area contributed by atoms with Crippen LogP contribution < -0.4 is 35.3 Å². The van der Waals surface area contributed by atoms with Crippen LogP contribution in [0.4, 0.5) is 5.69 Å². The molecule has 0 fully saturated rings. The van der Waals surface area contributed by atoms with Gasteiger partial charge in [-0.1, -0.05) is 12.1 Å². The third-order valence-electron chi connectivity index (χ3n) is 1.09. The van der Waals surface area contributed by atoms with E-state index in [1.807, 2.05) is 0 Å². The fourth-order valence-electron chi connectivity index (χ4n) is 0.644. The summed E-state index contributed by atoms with van der Waals surface area (Å²) in [7, 11) is 0. The molecule has 0 saturated carbocycles. The average Bonchev–Trinajstić information content (AvgIpc) is 1.93. The minimum atomic E-state index is -0.480. The number of rotatable bonds is 2. The van der Waals surface area contributed by atoms with Crippen LogP contribution in [0.1, 0.15) is 1.43 Å². The number of nitrogen functional groups attached to an aromatic ring is 1. The fraction of sp³-hybridized carbons (Fsp3) is 0. The van der Waals surface area contributed by atoms with Crippen molar-refractivity contribution in [2.24, 2.45) is 0 Å². The largest absolute Gasteiger partial charge is 1.00 e. The molecule has 2 N–H and O–H groups in total. The van der Waals surface area contributed by atoms with Gasteiger partial charge in [0.2, 0.25) is 0 Å². The van der Waals surface area contributed by atoms with Gasteiger partial charge < -0.3 is 7.16 Å². The summed E-state index contributed by atoms with van der Waals surface area (Å²) in [6, 6.07) is 6.69. The number of hydrogen-bond donors (Lipinski definition) is 1. The second-order valence-electron chi connectivity index (χ2n) is 1.85. The van der Waals surface area contributed by atoms with Crippen molar-refractivity contribution in [2.45, 2.75) is 4.90 Å². The van der Waals surface area contributed by atoms with E-state index >= 15 is 0 Å². The third kappa shape index (κ3) is 3.44. The maximum atomic E-state index is 10.0. The molecular weight excluding hydrogens is 187 g/mol. The maximum absolute atomic E-state index is 10.0. The Morgan fingerprint density at radius 3 is 2.58 bits per heavy atom. The van der Waals surface area contributed by atoms with Crippen molar-refractivity contribution in [3.63, 3.8) is 0 Å². The van der Waals surface area contributed by atoms with E-state index in [9.17, 15) is 10.1 Å². The van der Waals surface area contributed by atoms with Gasteiger partial charge in [-0.15, -0.1) is 0 Å². The Balaban J connectivity index is 0. The second-order valence-corrected chi connectivity index (χ2v) is 2.77. The summed E-state index contributed by atoms with van der Waals surface area (Å²) in [6.45, 7) is 0. The first kappa shape index (κ1) is 11.8. The van der Waals surface area contributed by atoms with Crippen LogP contribution in [0.2, 0.25) is 0 Å². The minimum absolute atomic E-state index is 0. The Bertz CT molecular complexity index is 287. The topological polar surface area (TPSA) is 69.2 Å². The van der Waals surface area contributed by atoms with Crippen LogP contribution >= 0.6 is 11.9 Å². The number of nitro groups is 1. The van der Waals surface area contributed by atoms with E-state index < -0.39 is 4.33 Å². The van der Waals surface area contributed by atoms with Crippen molar-refractivity contribution in [1.29, 1.82) is 0 Å². The zero-order valence-electron chi connectivity index (χ0n) is 7.56. The van der Waals surface area contributed by atoms with Crippen LogP contribution in [0, 0.1) is 10.1 Å². The summed E-state index contributed by atoms with van der Waals surface area (Å²) in [5, 5.41) is 10.0. The summed E-state index contributed by atoms with van der Waals surface area (Å²) in [5.41, 5.74) is 5.88. The Labute approximate surface area is 97.6 Å². The smallest absolute Gasteiger partial charge is 1.00 e. The summed E-state index contributed by atoms with van der Waals surface area (Å²) >= 11 is 0.522. The minimum Gasteiger partial charge on any atom is -1.00 e. The van der Waals surface area contributed by atoms with E-state index in [0.29, 0.717) is 22.5 Å². The molecule has 0 aliphatic carbocycles. The van der Waals surface area contributed by atoms with E-state index in [4.69, 9.17) is 5.73 Å². The molecule has 0 bridgehead atoms. The number of anilines is 1. The third-order valence-corrected chi connectivity index (χ3v) is 1.81. The van der Waals surface area contributed by atoms with Gasteiger partial charge in [0.15, 0.2) is 0 Å². The normalized spacial score (nSPS) is 8.67. The molecule has 0 amide bonds. The molecule has 0 aliphatic heterocycles. The van der Waals surface area contributed by atoms with E-state index in [-0.39, 0.29) is 31.0 Å². The first-order valence-electron chi connectivity index (χ1n) is 2.87. The van der Waals surface area contributed by atoms with Crippen molar-refractivity contribution >= 4 is 17.6 Å². The molecule has 0 spiro atoms. The maximum Gasteiger partial charge on any atom is 1.00 e. The Morgan fingerprint density at radius 1 is 1.50 bits per heavy atom. The molecule has 1 aromatic rings. The molecule has 0 atom stereocenters. The predicted molar refractivity (Wildman–Crippen MR) is 44.8 cm³/mol. The quantitative estimate of drug-likeness (QED) is 0.208. The number of benzene rings is 1. The van der Waals surface area contributed by atoms with Crippen molar-refractivity contribution in [3.05, 3.63) is 34.4 Å². The van der Waals surface area contributed by atoms with Gasteiger partial charge in [0.1, 0.15) is 9.22 Å². The number of nitrogens with zero attached hydrogens (tertiary/aromatic N) is 1. The Morgan fingerprint density at radius 2 is 2.08 bits per heavy atom. The van der Waals surface area contributed by atoms with Crippen molar-refractivity contribution < 1.29 is 35.3 Å². The van der Waals surface area contributed by atoms with Crippen LogP contribution in [-0.4, -0.2) is 4.33 Å². The van der Waals surface area contributed by atoms with Crippen molar-refractivity contribution in [1.82, 2.24) is 0 Å². The molecule has 4 nitrogen and oxygen atoms in total. The Hall–Kier alpha value is -0.230. The zero-order chi connectivity index (χ0) is 8.27. The van der Waals surface area contributed by atoms with Crippen LogP contribution in [0.3, 0.4) is 0 Å².